The Labute approximate surface area is 452 Å². The van der Waals surface area contributed by atoms with Crippen LogP contribution in [0.4, 0.5) is 27.6 Å². The molecule has 8 rings (SSSR count). The molecule has 2 N–H and O–H groups in total. The third-order valence-corrected chi connectivity index (χ3v) is 16.0. The number of rotatable bonds is 13. The first kappa shape index (κ1) is 57.9. The van der Waals surface area contributed by atoms with Crippen LogP contribution >= 0.6 is 0 Å². The molecule has 0 radical (unpaired) electrons. The molecule has 3 fully saturated rings. The van der Waals surface area contributed by atoms with Gasteiger partial charge in [0.15, 0.2) is 5.78 Å². The summed E-state index contributed by atoms with van der Waals surface area (Å²) in [7, 11) is 5.03. The Morgan fingerprint density at radius 1 is 0.987 bits per heavy atom. The number of nitrogens with one attached hydrogen (secondary N) is 2. The van der Waals surface area contributed by atoms with Crippen LogP contribution in [-0.4, -0.2) is 139 Å². The number of ketones is 1. The lowest BCUT2D eigenvalue weighted by Gasteiger charge is -2.37. The van der Waals surface area contributed by atoms with Gasteiger partial charge in [0.2, 0.25) is 11.8 Å². The summed E-state index contributed by atoms with van der Waals surface area (Å²) >= 11 is 0. The van der Waals surface area contributed by atoms with Crippen molar-refractivity contribution in [3.05, 3.63) is 83.7 Å². The highest BCUT2D eigenvalue weighted by molar-refractivity contribution is 5.97. The number of carbonyl (C=O) groups excluding carboxylic acids is 5. The van der Waals surface area contributed by atoms with Crippen LogP contribution in [0.1, 0.15) is 102 Å². The van der Waals surface area contributed by atoms with Gasteiger partial charge in [-0.2, -0.15) is 13.2 Å². The number of anilines is 1. The average molecular weight is 1090 g/mol. The molecule has 2 aromatic carbocycles. The number of alkyl halides is 5. The number of hydrogen-bond donors (Lipinski definition) is 2. The minimum absolute atomic E-state index is 0.0840. The molecule has 6 bridgehead atoms. The predicted octanol–water partition coefficient (Wildman–Crippen LogP) is 8.63. The zero-order chi connectivity index (χ0) is 56.5. The van der Waals surface area contributed by atoms with E-state index in [2.05, 4.69) is 27.1 Å². The van der Waals surface area contributed by atoms with E-state index in [1.165, 1.54) is 46.8 Å². The van der Waals surface area contributed by atoms with Gasteiger partial charge >= 0.3 is 12.1 Å². The number of pyridine rings is 1. The van der Waals surface area contributed by atoms with Gasteiger partial charge in [-0.05, 0) is 111 Å². The Bertz CT molecular complexity index is 2920. The van der Waals surface area contributed by atoms with E-state index in [-0.39, 0.29) is 72.4 Å². The molecular weight excluding hydrogens is 1020 g/mol. The second kappa shape index (κ2) is 23.6. The number of carbonyl (C=O) groups is 5. The Morgan fingerprint density at radius 3 is 2.37 bits per heavy atom. The second-order valence-electron chi connectivity index (χ2n) is 22.8. The van der Waals surface area contributed by atoms with Gasteiger partial charge in [0, 0.05) is 92.6 Å². The van der Waals surface area contributed by atoms with Gasteiger partial charge in [0.1, 0.15) is 24.7 Å². The van der Waals surface area contributed by atoms with E-state index in [9.17, 15) is 24.0 Å². The highest BCUT2D eigenvalue weighted by atomic mass is 19.4. The van der Waals surface area contributed by atoms with Gasteiger partial charge in [0.05, 0.1) is 36.0 Å². The largest absolute Gasteiger partial charge is 0.464 e. The van der Waals surface area contributed by atoms with Crippen LogP contribution in [0.15, 0.2) is 61.3 Å². The molecule has 20 heteroatoms. The number of nitrogens with zero attached hydrogens (tertiary/aromatic N) is 6. The van der Waals surface area contributed by atoms with Gasteiger partial charge in [-0.1, -0.05) is 52.5 Å². The SMILES string of the molecule is C=CC(=O)C1CC[C@H](C(=O)N(C)[C@H](C(=O)N[C@H]2Cc3cc(cc(C(F)F)c3)-c3ccc4c(c3)c(c(-c3cc(N5CCN(C)CC5)cnc3[C@H](C)OC)n4CC(F)(F)F)CC(C)(C)COC(=O)[C@@H]3CCCN(N3)C2=O)C(C)C)C1. The quantitative estimate of drug-likeness (QED) is 0.0750. The van der Waals surface area contributed by atoms with Crippen molar-refractivity contribution in [2.45, 2.75) is 123 Å². The van der Waals surface area contributed by atoms with Crippen LogP contribution < -0.4 is 15.6 Å². The minimum atomic E-state index is -4.71. The molecular formula is C58H73F5N8O7. The maximum absolute atomic E-state index is 15.2. The molecule has 2 saturated heterocycles. The summed E-state index contributed by atoms with van der Waals surface area (Å²) in [6.07, 6.45) is -3.76. The number of amides is 3. The molecule has 1 saturated carbocycles. The number of hydrazine groups is 1. The maximum Gasteiger partial charge on any atom is 0.406 e. The fraction of sp³-hybridized carbons (Fsp3) is 0.552. The summed E-state index contributed by atoms with van der Waals surface area (Å²) in [4.78, 5) is 80.7. The molecule has 2 aromatic heterocycles. The van der Waals surface area contributed by atoms with E-state index in [0.29, 0.717) is 72.2 Å². The maximum atomic E-state index is 15.2. The number of piperazine rings is 1. The smallest absolute Gasteiger partial charge is 0.406 e. The highest BCUT2D eigenvalue weighted by Crippen LogP contribution is 2.45. The molecule has 15 nitrogen and oxygen atoms in total. The Kier molecular flexibility index (Phi) is 17.5. The number of cyclic esters (lactones) is 1. The van der Waals surface area contributed by atoms with E-state index >= 15 is 22.0 Å². The van der Waals surface area contributed by atoms with Crippen molar-refractivity contribution in [2.24, 2.45) is 23.2 Å². The van der Waals surface area contributed by atoms with Crippen LogP contribution in [0.3, 0.4) is 0 Å². The summed E-state index contributed by atoms with van der Waals surface area (Å²) in [5, 5.41) is 4.51. The standard InChI is InChI=1S/C58H73F5N8O7/c1-10-48(72)37-13-14-38(25-37)54(74)68(8)50(33(2)3)53(73)65-46-24-35-22-39(26-40(23-35)52(59)60)36-15-16-47-42(27-36)44(29-57(5,6)32-78-56(76)45-12-11-17-71(66-45)55(46)75)51(70(47)31-58(61,62)63)43-28-41(30-64-49(43)34(4)77-9)69-20-18-67(7)19-21-69/h10,15-16,22-23,26-28,30,33-34,37-38,45-46,50,52,66H,1,11-14,17-21,24-25,29,31-32H2,2-9H3,(H,65,73)/t34-,37?,38-,45-,46-,50-/m0/s1. The number of halogens is 5. The zero-order valence-corrected chi connectivity index (χ0v) is 45.9. The molecule has 1 aliphatic carbocycles. The third-order valence-electron chi connectivity index (χ3n) is 16.0. The number of allylic oxidation sites excluding steroid dienone is 1. The summed E-state index contributed by atoms with van der Waals surface area (Å²) in [6, 6.07) is 7.36. The molecule has 6 atom stereocenters. The first-order chi connectivity index (χ1) is 36.9. The number of methoxy groups -OCH3 is 1. The van der Waals surface area contributed by atoms with Crippen molar-refractivity contribution < 1.29 is 55.4 Å². The Hall–Kier alpha value is -6.25. The number of likely N-dealkylation sites (N-methyl/N-ethyl adjacent to an activating group) is 2. The summed E-state index contributed by atoms with van der Waals surface area (Å²) < 4.78 is 88.8. The summed E-state index contributed by atoms with van der Waals surface area (Å²) in [5.74, 6) is -3.86. The number of benzene rings is 2. The highest BCUT2D eigenvalue weighted by Gasteiger charge is 2.42. The number of fused-ring (bicyclic) bond motifs is 6. The van der Waals surface area contributed by atoms with E-state index in [1.807, 2.05) is 27.0 Å². The van der Waals surface area contributed by atoms with E-state index in [1.54, 1.807) is 51.2 Å². The van der Waals surface area contributed by atoms with Crippen LogP contribution in [0.5, 0.6) is 0 Å². The van der Waals surface area contributed by atoms with Gasteiger partial charge in [-0.15, -0.1) is 0 Å². The summed E-state index contributed by atoms with van der Waals surface area (Å²) in [6.45, 7) is 13.9. The van der Waals surface area contributed by atoms with Crippen molar-refractivity contribution >= 4 is 46.1 Å². The minimum Gasteiger partial charge on any atom is -0.464 e. The monoisotopic (exact) mass is 1090 g/mol. The lowest BCUT2D eigenvalue weighted by atomic mass is 9.84. The van der Waals surface area contributed by atoms with Crippen LogP contribution in [-0.2, 0) is 52.8 Å². The number of ether oxygens (including phenoxy) is 2. The molecule has 3 amide bonds. The molecule has 4 aliphatic rings. The van der Waals surface area contributed by atoms with Gasteiger partial charge in [0.25, 0.3) is 12.3 Å². The number of esters is 1. The van der Waals surface area contributed by atoms with E-state index in [0.717, 1.165) is 13.1 Å². The van der Waals surface area contributed by atoms with Crippen molar-refractivity contribution in [3.8, 4) is 22.4 Å². The predicted molar refractivity (Wildman–Crippen MR) is 286 cm³/mol. The number of hydrogen-bond acceptors (Lipinski definition) is 11. The fourth-order valence-electron chi connectivity index (χ4n) is 11.8. The second-order valence-corrected chi connectivity index (χ2v) is 22.8. The Balaban J connectivity index is 1.28. The van der Waals surface area contributed by atoms with Gasteiger partial charge in [-0.25, -0.2) is 14.2 Å². The average Bonchev–Trinajstić information content (AvgIpc) is 4.14. The molecule has 5 heterocycles. The van der Waals surface area contributed by atoms with Crippen LogP contribution in [0.25, 0.3) is 33.3 Å². The summed E-state index contributed by atoms with van der Waals surface area (Å²) in [5.41, 5.74) is 5.06. The van der Waals surface area contributed by atoms with Crippen molar-refractivity contribution in [2.75, 3.05) is 65.4 Å². The van der Waals surface area contributed by atoms with Crippen LogP contribution in [0, 0.1) is 23.2 Å². The molecule has 422 valence electrons. The lowest BCUT2D eigenvalue weighted by Crippen LogP contribution is -2.62. The normalized spacial score (nSPS) is 22.3. The van der Waals surface area contributed by atoms with E-state index < -0.39 is 84.0 Å². The number of aromatic nitrogens is 2. The van der Waals surface area contributed by atoms with Crippen molar-refractivity contribution in [1.82, 2.24) is 35.1 Å². The van der Waals surface area contributed by atoms with Crippen molar-refractivity contribution in [3.63, 3.8) is 0 Å². The van der Waals surface area contributed by atoms with Gasteiger partial charge < -0.3 is 34.1 Å². The molecule has 0 spiro atoms. The fourth-order valence-corrected chi connectivity index (χ4v) is 11.8. The first-order valence-corrected chi connectivity index (χ1v) is 26.9. The zero-order valence-electron chi connectivity index (χ0n) is 45.9. The Morgan fingerprint density at radius 2 is 1.71 bits per heavy atom. The molecule has 3 aliphatic heterocycles. The topological polar surface area (TPSA) is 159 Å². The first-order valence-electron chi connectivity index (χ1n) is 26.9. The van der Waals surface area contributed by atoms with Crippen molar-refractivity contribution in [1.29, 1.82) is 0 Å². The third kappa shape index (κ3) is 12.8. The van der Waals surface area contributed by atoms with Gasteiger partial charge in [-0.3, -0.25) is 34.0 Å². The van der Waals surface area contributed by atoms with E-state index in [4.69, 9.17) is 14.5 Å². The van der Waals surface area contributed by atoms with Crippen LogP contribution in [0.2, 0.25) is 0 Å². The molecule has 78 heavy (non-hydrogen) atoms. The lowest BCUT2D eigenvalue weighted by molar-refractivity contribution is -0.155. The molecule has 4 aromatic rings. The molecule has 1 unspecified atom stereocenters.